The summed E-state index contributed by atoms with van der Waals surface area (Å²) < 4.78 is 42.5. The van der Waals surface area contributed by atoms with Crippen molar-refractivity contribution >= 4 is 5.97 Å². The van der Waals surface area contributed by atoms with Crippen molar-refractivity contribution in [2.24, 2.45) is 0 Å². The number of carbonyl (C=O) groups is 1. The first-order valence-corrected chi connectivity index (χ1v) is 5.56. The maximum Gasteiger partial charge on any atom is 0.416 e. The molecule has 0 radical (unpaired) electrons. The molecule has 0 aliphatic heterocycles. The van der Waals surface area contributed by atoms with E-state index in [9.17, 15) is 18.0 Å². The van der Waals surface area contributed by atoms with Crippen LogP contribution in [0.5, 0.6) is 0 Å². The molecule has 19 heavy (non-hydrogen) atoms. The number of aryl methyl sites for hydroxylation is 1. The van der Waals surface area contributed by atoms with Crippen molar-refractivity contribution in [1.82, 2.24) is 0 Å². The van der Waals surface area contributed by atoms with Crippen LogP contribution >= 0.6 is 0 Å². The van der Waals surface area contributed by atoms with E-state index in [1.54, 1.807) is 13.0 Å². The van der Waals surface area contributed by atoms with Crippen LogP contribution < -0.4 is 0 Å². The fourth-order valence-electron chi connectivity index (χ4n) is 1.67. The van der Waals surface area contributed by atoms with Gasteiger partial charge in [-0.3, -0.25) is 4.79 Å². The number of esters is 1. The minimum Gasteiger partial charge on any atom is -0.466 e. The Kier molecular flexibility index (Phi) is 4.54. The number of benzene rings is 1. The van der Waals surface area contributed by atoms with Gasteiger partial charge in [0.25, 0.3) is 0 Å². The summed E-state index contributed by atoms with van der Waals surface area (Å²) in [4.78, 5) is 11.4. The average Bonchev–Trinajstić information content (AvgIpc) is 2.30. The molecule has 0 saturated carbocycles. The van der Waals surface area contributed by atoms with Crippen LogP contribution in [0.15, 0.2) is 12.1 Å². The van der Waals surface area contributed by atoms with Crippen molar-refractivity contribution in [3.63, 3.8) is 0 Å². The van der Waals surface area contributed by atoms with E-state index in [0.29, 0.717) is 0 Å². The second-order valence-corrected chi connectivity index (χ2v) is 3.91. The Hall–Kier alpha value is -2.03. The van der Waals surface area contributed by atoms with Crippen molar-refractivity contribution in [1.29, 1.82) is 5.26 Å². The molecule has 0 atom stereocenters. The Labute approximate surface area is 108 Å². The van der Waals surface area contributed by atoms with Crippen molar-refractivity contribution < 1.29 is 22.7 Å². The zero-order valence-electron chi connectivity index (χ0n) is 10.5. The van der Waals surface area contributed by atoms with Gasteiger partial charge in [0, 0.05) is 0 Å². The van der Waals surface area contributed by atoms with Gasteiger partial charge in [-0.2, -0.15) is 18.4 Å². The molecule has 6 heteroatoms. The molecule has 1 aromatic carbocycles. The third-order valence-electron chi connectivity index (χ3n) is 2.55. The highest BCUT2D eigenvalue weighted by molar-refractivity contribution is 5.74. The zero-order valence-corrected chi connectivity index (χ0v) is 10.5. The summed E-state index contributed by atoms with van der Waals surface area (Å²) in [5, 5.41) is 8.91. The molecule has 1 rings (SSSR count). The molecular weight excluding hydrogens is 259 g/mol. The summed E-state index contributed by atoms with van der Waals surface area (Å²) in [5.74, 6) is -0.568. The molecule has 0 unspecified atom stereocenters. The van der Waals surface area contributed by atoms with Crippen LogP contribution in [0.25, 0.3) is 0 Å². The minimum absolute atomic E-state index is 0.152. The Morgan fingerprint density at radius 1 is 1.42 bits per heavy atom. The van der Waals surface area contributed by atoms with Crippen molar-refractivity contribution in [2.75, 3.05) is 6.61 Å². The number of hydrogen-bond donors (Lipinski definition) is 0. The first-order valence-electron chi connectivity index (χ1n) is 5.56. The van der Waals surface area contributed by atoms with E-state index in [0.717, 1.165) is 12.1 Å². The first-order chi connectivity index (χ1) is 8.79. The number of alkyl halides is 3. The Bertz CT molecular complexity index is 530. The average molecular weight is 271 g/mol. The van der Waals surface area contributed by atoms with E-state index in [1.807, 2.05) is 0 Å². The van der Waals surface area contributed by atoms with E-state index >= 15 is 0 Å². The van der Waals surface area contributed by atoms with Gasteiger partial charge in [-0.15, -0.1) is 0 Å². The van der Waals surface area contributed by atoms with Gasteiger partial charge in [-0.1, -0.05) is 0 Å². The number of rotatable bonds is 3. The van der Waals surface area contributed by atoms with Crippen LogP contribution in [0.3, 0.4) is 0 Å². The number of halogens is 3. The van der Waals surface area contributed by atoms with Gasteiger partial charge < -0.3 is 4.74 Å². The second kappa shape index (κ2) is 5.74. The van der Waals surface area contributed by atoms with E-state index < -0.39 is 17.7 Å². The van der Waals surface area contributed by atoms with Gasteiger partial charge >= 0.3 is 12.1 Å². The lowest BCUT2D eigenvalue weighted by molar-refractivity contribution is -0.142. The van der Waals surface area contributed by atoms with Crippen molar-refractivity contribution in [2.45, 2.75) is 26.4 Å². The summed E-state index contributed by atoms with van der Waals surface area (Å²) in [6.45, 7) is 3.24. The van der Waals surface area contributed by atoms with Crippen LogP contribution in [0.4, 0.5) is 13.2 Å². The summed E-state index contributed by atoms with van der Waals surface area (Å²) >= 11 is 0. The van der Waals surface area contributed by atoms with Crippen LogP contribution in [0.1, 0.15) is 29.2 Å². The molecule has 0 aliphatic carbocycles. The van der Waals surface area contributed by atoms with Crippen LogP contribution in [-0.2, 0) is 22.1 Å². The lowest BCUT2D eigenvalue weighted by Crippen LogP contribution is -2.12. The normalized spacial score (nSPS) is 10.9. The minimum atomic E-state index is -4.52. The standard InChI is InChI=1S/C13H12F3NO2/c1-3-19-12(18)6-11-8(2)4-10(13(14,15)16)5-9(11)7-17/h4-5H,3,6H2,1-2H3. The largest absolute Gasteiger partial charge is 0.466 e. The summed E-state index contributed by atoms with van der Waals surface area (Å²) in [6.07, 6.45) is -4.72. The Balaban J connectivity index is 3.20. The van der Waals surface area contributed by atoms with Crippen molar-refractivity contribution in [3.05, 3.63) is 34.4 Å². The van der Waals surface area contributed by atoms with E-state index in [-0.39, 0.29) is 29.7 Å². The third-order valence-corrected chi connectivity index (χ3v) is 2.55. The lowest BCUT2D eigenvalue weighted by Gasteiger charge is -2.12. The summed E-state index contributed by atoms with van der Waals surface area (Å²) in [5.41, 5.74) is -0.525. The molecule has 102 valence electrons. The number of nitriles is 1. The highest BCUT2D eigenvalue weighted by Crippen LogP contribution is 2.32. The quantitative estimate of drug-likeness (QED) is 0.794. The van der Waals surface area contributed by atoms with Crippen LogP contribution in [0.2, 0.25) is 0 Å². The smallest absolute Gasteiger partial charge is 0.416 e. The molecule has 0 heterocycles. The molecule has 0 aliphatic rings. The predicted molar refractivity (Wildman–Crippen MR) is 61.2 cm³/mol. The molecule has 0 spiro atoms. The van der Waals surface area contributed by atoms with Gasteiger partial charge in [0.2, 0.25) is 0 Å². The van der Waals surface area contributed by atoms with E-state index in [1.165, 1.54) is 6.92 Å². The van der Waals surface area contributed by atoms with Gasteiger partial charge in [-0.25, -0.2) is 0 Å². The molecule has 0 N–H and O–H groups in total. The third kappa shape index (κ3) is 3.71. The molecule has 0 aromatic heterocycles. The second-order valence-electron chi connectivity index (χ2n) is 3.91. The van der Waals surface area contributed by atoms with Gasteiger partial charge in [0.1, 0.15) is 0 Å². The Morgan fingerprint density at radius 3 is 2.53 bits per heavy atom. The zero-order chi connectivity index (χ0) is 14.6. The number of carbonyl (C=O) groups excluding carboxylic acids is 1. The van der Waals surface area contributed by atoms with E-state index in [2.05, 4.69) is 0 Å². The molecule has 3 nitrogen and oxygen atoms in total. The SMILES string of the molecule is CCOC(=O)Cc1c(C)cc(C(F)(F)F)cc1C#N. The van der Waals surface area contributed by atoms with Crippen LogP contribution in [-0.4, -0.2) is 12.6 Å². The summed E-state index contributed by atoms with van der Waals surface area (Å²) in [6, 6.07) is 3.37. The van der Waals surface area contributed by atoms with Gasteiger partial charge in [-0.05, 0) is 37.1 Å². The molecular formula is C13H12F3NO2. The molecule has 0 amide bonds. The maximum absolute atomic E-state index is 12.6. The molecule has 1 aromatic rings. The lowest BCUT2D eigenvalue weighted by atomic mass is 9.96. The highest BCUT2D eigenvalue weighted by atomic mass is 19.4. The monoisotopic (exact) mass is 271 g/mol. The van der Waals surface area contributed by atoms with Gasteiger partial charge in [0.05, 0.1) is 30.2 Å². The fraction of sp³-hybridized carbons (Fsp3) is 0.385. The van der Waals surface area contributed by atoms with Crippen molar-refractivity contribution in [3.8, 4) is 6.07 Å². The number of nitrogens with zero attached hydrogens (tertiary/aromatic N) is 1. The first kappa shape index (κ1) is 15.0. The highest BCUT2D eigenvalue weighted by Gasteiger charge is 2.32. The molecule has 0 saturated heterocycles. The Morgan fingerprint density at radius 2 is 2.05 bits per heavy atom. The predicted octanol–water partition coefficient (Wildman–Crippen LogP) is 2.99. The molecule has 0 fully saturated rings. The number of hydrogen-bond acceptors (Lipinski definition) is 3. The topological polar surface area (TPSA) is 50.1 Å². The van der Waals surface area contributed by atoms with E-state index in [4.69, 9.17) is 10.00 Å². The summed E-state index contributed by atoms with van der Waals surface area (Å²) in [7, 11) is 0. The fourth-order valence-corrected chi connectivity index (χ4v) is 1.67. The van der Waals surface area contributed by atoms with Gasteiger partial charge in [0.15, 0.2) is 0 Å². The molecule has 0 bridgehead atoms. The maximum atomic E-state index is 12.6. The number of ether oxygens (including phenoxy) is 1. The van der Waals surface area contributed by atoms with Crippen LogP contribution in [0, 0.1) is 18.3 Å².